The van der Waals surface area contributed by atoms with Gasteiger partial charge in [0.25, 0.3) is 0 Å². The third kappa shape index (κ3) is 2.48. The van der Waals surface area contributed by atoms with Gasteiger partial charge in [0.15, 0.2) is 5.78 Å². The molecule has 2 aromatic heterocycles. The number of benzene rings is 1. The molecule has 5 nitrogen and oxygen atoms in total. The molecule has 0 fully saturated rings. The molecule has 1 aromatic carbocycles. The fourth-order valence-electron chi connectivity index (χ4n) is 2.10. The van der Waals surface area contributed by atoms with Crippen LogP contribution in [-0.2, 0) is 13.0 Å². The standard InChI is InChI=1S/C14H14N4OS/c15-5-6-18-8-12(16-17-18)13(19)7-10-9-20-14-4-2-1-3-11(10)14/h1-4,8-9H,5-7,15H2. The van der Waals surface area contributed by atoms with Crippen LogP contribution in [0.2, 0.25) is 0 Å². The minimum absolute atomic E-state index is 0.0168. The molecule has 2 N–H and O–H groups in total. The van der Waals surface area contributed by atoms with Crippen molar-refractivity contribution in [1.29, 1.82) is 0 Å². The Labute approximate surface area is 120 Å². The van der Waals surface area contributed by atoms with Crippen LogP contribution >= 0.6 is 11.3 Å². The van der Waals surface area contributed by atoms with Gasteiger partial charge in [-0.05, 0) is 22.4 Å². The summed E-state index contributed by atoms with van der Waals surface area (Å²) in [6.45, 7) is 1.05. The molecule has 0 bridgehead atoms. The number of hydrogen-bond acceptors (Lipinski definition) is 5. The first kappa shape index (κ1) is 13.0. The molecular weight excluding hydrogens is 272 g/mol. The van der Waals surface area contributed by atoms with Gasteiger partial charge in [0, 0.05) is 17.7 Å². The van der Waals surface area contributed by atoms with Crippen molar-refractivity contribution in [3.8, 4) is 0 Å². The van der Waals surface area contributed by atoms with Crippen LogP contribution in [0.1, 0.15) is 16.1 Å². The highest BCUT2D eigenvalue weighted by molar-refractivity contribution is 7.17. The van der Waals surface area contributed by atoms with Gasteiger partial charge in [0.05, 0.1) is 12.7 Å². The number of Topliss-reactive ketones (excluding diaryl/α,β-unsaturated/α-hetero) is 1. The molecule has 3 aromatic rings. The molecule has 0 atom stereocenters. The van der Waals surface area contributed by atoms with Gasteiger partial charge >= 0.3 is 0 Å². The number of rotatable bonds is 5. The summed E-state index contributed by atoms with van der Waals surface area (Å²) in [6, 6.07) is 8.09. The molecule has 102 valence electrons. The Bertz CT molecular complexity index is 746. The Balaban J connectivity index is 1.81. The second-order valence-corrected chi connectivity index (χ2v) is 5.42. The Morgan fingerprint density at radius 3 is 3.05 bits per heavy atom. The van der Waals surface area contributed by atoms with Gasteiger partial charge in [-0.3, -0.25) is 9.48 Å². The van der Waals surface area contributed by atoms with E-state index >= 15 is 0 Å². The van der Waals surface area contributed by atoms with Crippen molar-refractivity contribution in [1.82, 2.24) is 15.0 Å². The molecule has 2 heterocycles. The van der Waals surface area contributed by atoms with E-state index in [1.165, 1.54) is 4.70 Å². The fourth-order valence-corrected chi connectivity index (χ4v) is 3.06. The van der Waals surface area contributed by atoms with Gasteiger partial charge in [-0.15, -0.1) is 16.4 Å². The van der Waals surface area contributed by atoms with Gasteiger partial charge in [0.1, 0.15) is 5.69 Å². The van der Waals surface area contributed by atoms with Crippen LogP contribution < -0.4 is 5.73 Å². The molecule has 20 heavy (non-hydrogen) atoms. The molecule has 3 rings (SSSR count). The summed E-state index contributed by atoms with van der Waals surface area (Å²) < 4.78 is 2.79. The first-order valence-corrected chi connectivity index (χ1v) is 7.24. The molecule has 6 heteroatoms. The first-order chi connectivity index (χ1) is 9.78. The predicted octanol–water partition coefficient (Wildman–Crippen LogP) is 1.88. The number of ketones is 1. The maximum atomic E-state index is 12.2. The van der Waals surface area contributed by atoms with Crippen molar-refractivity contribution in [2.45, 2.75) is 13.0 Å². The number of carbonyl (C=O) groups is 1. The minimum Gasteiger partial charge on any atom is -0.329 e. The number of nitrogens with two attached hydrogens (primary N) is 1. The summed E-state index contributed by atoms with van der Waals surface area (Å²) in [7, 11) is 0. The Morgan fingerprint density at radius 2 is 2.20 bits per heavy atom. The lowest BCUT2D eigenvalue weighted by molar-refractivity contribution is 0.0988. The predicted molar refractivity (Wildman–Crippen MR) is 78.9 cm³/mol. The zero-order valence-electron chi connectivity index (χ0n) is 10.8. The summed E-state index contributed by atoms with van der Waals surface area (Å²) in [4.78, 5) is 12.2. The van der Waals surface area contributed by atoms with Gasteiger partial charge in [-0.1, -0.05) is 23.4 Å². The molecule has 0 aliphatic carbocycles. The number of aromatic nitrogens is 3. The summed E-state index contributed by atoms with van der Waals surface area (Å²) >= 11 is 1.65. The summed E-state index contributed by atoms with van der Waals surface area (Å²) in [6.07, 6.45) is 2.01. The van der Waals surface area contributed by atoms with Crippen molar-refractivity contribution in [3.05, 3.63) is 47.1 Å². The summed E-state index contributed by atoms with van der Waals surface area (Å²) in [5, 5.41) is 11.0. The van der Waals surface area contributed by atoms with Crippen molar-refractivity contribution >= 4 is 27.2 Å². The van der Waals surface area contributed by atoms with E-state index in [4.69, 9.17) is 5.73 Å². The normalized spacial score (nSPS) is 11.1. The zero-order valence-corrected chi connectivity index (χ0v) is 11.6. The maximum Gasteiger partial charge on any atom is 0.189 e. The topological polar surface area (TPSA) is 73.8 Å². The smallest absolute Gasteiger partial charge is 0.189 e. The van der Waals surface area contributed by atoms with Crippen LogP contribution in [0.3, 0.4) is 0 Å². The Hall–Kier alpha value is -2.05. The molecular formula is C14H14N4OS. The molecule has 0 aliphatic heterocycles. The van der Waals surface area contributed by atoms with Gasteiger partial charge in [0.2, 0.25) is 0 Å². The van der Waals surface area contributed by atoms with Crippen LogP contribution in [-0.4, -0.2) is 27.3 Å². The lowest BCUT2D eigenvalue weighted by Crippen LogP contribution is -2.10. The van der Waals surface area contributed by atoms with Crippen LogP contribution in [0.15, 0.2) is 35.8 Å². The molecule has 0 saturated heterocycles. The molecule has 0 spiro atoms. The van der Waals surface area contributed by atoms with Crippen LogP contribution in [0, 0.1) is 0 Å². The van der Waals surface area contributed by atoms with Crippen molar-refractivity contribution in [3.63, 3.8) is 0 Å². The van der Waals surface area contributed by atoms with Crippen LogP contribution in [0.25, 0.3) is 10.1 Å². The van der Waals surface area contributed by atoms with Crippen LogP contribution in [0.5, 0.6) is 0 Å². The van der Waals surface area contributed by atoms with E-state index in [-0.39, 0.29) is 5.78 Å². The fraction of sp³-hybridized carbons (Fsp3) is 0.214. The van der Waals surface area contributed by atoms with E-state index in [1.807, 2.05) is 23.6 Å². The SMILES string of the molecule is NCCn1cc(C(=O)Cc2csc3ccccc23)nn1. The Morgan fingerprint density at radius 1 is 1.35 bits per heavy atom. The lowest BCUT2D eigenvalue weighted by Gasteiger charge is -1.97. The summed E-state index contributed by atoms with van der Waals surface area (Å²) in [5.41, 5.74) is 6.89. The summed E-state index contributed by atoms with van der Waals surface area (Å²) in [5.74, 6) is -0.0168. The van der Waals surface area contributed by atoms with Crippen LogP contribution in [0.4, 0.5) is 0 Å². The number of hydrogen-bond donors (Lipinski definition) is 1. The minimum atomic E-state index is -0.0168. The average molecular weight is 286 g/mol. The first-order valence-electron chi connectivity index (χ1n) is 6.36. The second-order valence-electron chi connectivity index (χ2n) is 4.51. The third-order valence-electron chi connectivity index (χ3n) is 3.09. The maximum absolute atomic E-state index is 12.2. The molecule has 0 aliphatic rings. The molecule has 0 saturated carbocycles. The molecule has 0 radical (unpaired) electrons. The zero-order chi connectivity index (χ0) is 13.9. The van der Waals surface area contributed by atoms with Crippen molar-refractivity contribution in [2.24, 2.45) is 5.73 Å². The number of nitrogens with zero attached hydrogens (tertiary/aromatic N) is 3. The van der Waals surface area contributed by atoms with E-state index in [1.54, 1.807) is 22.2 Å². The van der Waals surface area contributed by atoms with Crippen molar-refractivity contribution < 1.29 is 4.79 Å². The second kappa shape index (κ2) is 5.52. The number of fused-ring (bicyclic) bond motifs is 1. The number of carbonyl (C=O) groups excluding carboxylic acids is 1. The highest BCUT2D eigenvalue weighted by Crippen LogP contribution is 2.26. The lowest BCUT2D eigenvalue weighted by atomic mass is 10.1. The van der Waals surface area contributed by atoms with Gasteiger partial charge in [-0.2, -0.15) is 0 Å². The largest absolute Gasteiger partial charge is 0.329 e. The third-order valence-corrected chi connectivity index (χ3v) is 4.11. The average Bonchev–Trinajstić information content (AvgIpc) is 3.07. The van der Waals surface area contributed by atoms with E-state index in [0.717, 1.165) is 10.9 Å². The quantitative estimate of drug-likeness (QED) is 0.727. The molecule has 0 amide bonds. The monoisotopic (exact) mass is 286 g/mol. The highest BCUT2D eigenvalue weighted by atomic mass is 32.1. The highest BCUT2D eigenvalue weighted by Gasteiger charge is 2.14. The molecule has 0 unspecified atom stereocenters. The van der Waals surface area contributed by atoms with E-state index in [2.05, 4.69) is 16.4 Å². The van der Waals surface area contributed by atoms with Crippen molar-refractivity contribution in [2.75, 3.05) is 6.54 Å². The van der Waals surface area contributed by atoms with Gasteiger partial charge in [-0.25, -0.2) is 0 Å². The number of thiophene rings is 1. The van der Waals surface area contributed by atoms with E-state index < -0.39 is 0 Å². The van der Waals surface area contributed by atoms with E-state index in [9.17, 15) is 4.79 Å². The Kier molecular flexibility index (Phi) is 3.58. The van der Waals surface area contributed by atoms with E-state index in [0.29, 0.717) is 25.2 Å². The van der Waals surface area contributed by atoms with Gasteiger partial charge < -0.3 is 5.73 Å².